The predicted molar refractivity (Wildman–Crippen MR) is 211 cm³/mol. The van der Waals surface area contributed by atoms with Crippen molar-refractivity contribution >= 4 is 33.2 Å². The van der Waals surface area contributed by atoms with Crippen LogP contribution >= 0.6 is 11.6 Å². The van der Waals surface area contributed by atoms with Gasteiger partial charge in [-0.25, -0.2) is 13.1 Å². The number of nitrogens with one attached hydrogen (secondary N) is 1. The smallest absolute Gasteiger partial charge is 0.264 e. The first-order valence-corrected chi connectivity index (χ1v) is 22.0. The van der Waals surface area contributed by atoms with Crippen molar-refractivity contribution in [2.75, 3.05) is 64.4 Å². The van der Waals surface area contributed by atoms with Crippen molar-refractivity contribution in [3.63, 3.8) is 0 Å². The Labute approximate surface area is 321 Å². The number of amides is 1. The average Bonchev–Trinajstić information content (AvgIpc) is 3.28. The number of sulfonamides is 1. The Morgan fingerprint density at radius 1 is 1.02 bits per heavy atom. The summed E-state index contributed by atoms with van der Waals surface area (Å²) in [5, 5.41) is -0.0127. The lowest BCUT2D eigenvalue weighted by Gasteiger charge is -2.53. The number of benzene rings is 2. The number of hydrogen-bond donors (Lipinski definition) is 1. The summed E-state index contributed by atoms with van der Waals surface area (Å²) in [6.45, 7) is 10.9. The van der Waals surface area contributed by atoms with E-state index in [2.05, 4.69) is 43.7 Å². The van der Waals surface area contributed by atoms with E-state index < -0.39 is 26.8 Å². The molecule has 7 atom stereocenters. The van der Waals surface area contributed by atoms with E-state index in [0.29, 0.717) is 30.6 Å². The van der Waals surface area contributed by atoms with E-state index in [1.165, 1.54) is 36.9 Å². The zero-order chi connectivity index (χ0) is 37.0. The minimum Gasteiger partial charge on any atom is -0.490 e. The van der Waals surface area contributed by atoms with Gasteiger partial charge in [-0.05, 0) is 124 Å². The van der Waals surface area contributed by atoms with Crippen LogP contribution < -0.4 is 14.4 Å². The first-order valence-electron chi connectivity index (χ1n) is 20.1. The minimum absolute atomic E-state index is 0.206. The maximum atomic E-state index is 13.7. The number of nitrogens with zero attached hydrogens (tertiary/aromatic N) is 3. The molecule has 2 aliphatic carbocycles. The highest BCUT2D eigenvalue weighted by molar-refractivity contribution is 7.90. The highest BCUT2D eigenvalue weighted by atomic mass is 35.5. The van der Waals surface area contributed by atoms with Crippen molar-refractivity contribution in [3.05, 3.63) is 70.3 Å². The number of carbonyl (C=O) groups is 1. The number of hydrogen-bond acceptors (Lipinski definition) is 8. The first kappa shape index (κ1) is 37.3. The molecule has 4 aliphatic heterocycles. The lowest BCUT2D eigenvalue weighted by Crippen LogP contribution is -2.61. The topological polar surface area (TPSA) is 91.4 Å². The van der Waals surface area contributed by atoms with Gasteiger partial charge in [0.15, 0.2) is 0 Å². The Morgan fingerprint density at radius 2 is 1.89 bits per heavy atom. The molecule has 9 nitrogen and oxygen atoms in total. The van der Waals surface area contributed by atoms with Crippen LogP contribution in [0.15, 0.2) is 48.6 Å². The van der Waals surface area contributed by atoms with E-state index in [1.54, 1.807) is 13.0 Å². The second kappa shape index (κ2) is 14.8. The fraction of sp³-hybridized carbons (Fsp3) is 0.643. The van der Waals surface area contributed by atoms with Crippen LogP contribution in [-0.2, 0) is 26.6 Å². The Kier molecular flexibility index (Phi) is 10.4. The van der Waals surface area contributed by atoms with Gasteiger partial charge < -0.3 is 14.4 Å². The number of rotatable bonds is 3. The van der Waals surface area contributed by atoms with Crippen LogP contribution in [0.3, 0.4) is 0 Å². The molecule has 53 heavy (non-hydrogen) atoms. The molecular weight excluding hydrogens is 708 g/mol. The number of piperazine rings is 1. The Balaban J connectivity index is 1.19. The number of methoxy groups -OCH3 is 1. The van der Waals surface area contributed by atoms with Crippen molar-refractivity contribution in [3.8, 4) is 5.75 Å². The standard InChI is InChI=1S/C42H57ClN4O5S/c1-29-8-6-18-42(51-3,27-45-20-21-46-19-5-4-10-35(46)25-45)37-14-11-33(37)24-47-26-41(17-7-9-31-22-34(43)13-15-36(31)41)28-52-39-16-12-32(23-38(39)47)40(48)44-53(49,50)30(29)2/h6,12-13,15-16,18,22-23,29-30,33,35,37H,4-5,7-11,14,17,19-21,24-28H2,1-3H3,(H,44,48)/b18-6+/t29-,30+,33-,35+,37+,41-,42-/m0/s1. The molecule has 2 aromatic carbocycles. The predicted octanol–water partition coefficient (Wildman–Crippen LogP) is 6.44. The zero-order valence-electron chi connectivity index (χ0n) is 31.7. The molecule has 2 bridgehead atoms. The van der Waals surface area contributed by atoms with Crippen LogP contribution in [-0.4, -0.2) is 101 Å². The lowest BCUT2D eigenvalue weighted by molar-refractivity contribution is -0.100. The molecule has 6 aliphatic rings. The number of carbonyl (C=O) groups excluding carboxylic acids is 1. The summed E-state index contributed by atoms with van der Waals surface area (Å²) in [5.41, 5.74) is 2.97. The second-order valence-electron chi connectivity index (χ2n) is 17.1. The summed E-state index contributed by atoms with van der Waals surface area (Å²) in [6, 6.07) is 12.3. The van der Waals surface area contributed by atoms with Crippen LogP contribution in [0.2, 0.25) is 5.02 Å². The van der Waals surface area contributed by atoms with Gasteiger partial charge in [-0.2, -0.15) is 0 Å². The number of piperidine rings is 1. The fourth-order valence-electron chi connectivity index (χ4n) is 10.5. The van der Waals surface area contributed by atoms with Gasteiger partial charge >= 0.3 is 0 Å². The van der Waals surface area contributed by atoms with Crippen LogP contribution in [0.4, 0.5) is 5.69 Å². The van der Waals surface area contributed by atoms with E-state index in [1.807, 2.05) is 32.2 Å². The van der Waals surface area contributed by atoms with Gasteiger partial charge in [-0.3, -0.25) is 14.6 Å². The number of halogens is 1. The van der Waals surface area contributed by atoms with Crippen molar-refractivity contribution in [1.82, 2.24) is 14.5 Å². The number of ether oxygens (including phenoxy) is 2. The highest BCUT2D eigenvalue weighted by Crippen LogP contribution is 2.49. The summed E-state index contributed by atoms with van der Waals surface area (Å²) in [5.74, 6) is 0.551. The quantitative estimate of drug-likeness (QED) is 0.358. The lowest BCUT2D eigenvalue weighted by atomic mass is 9.63. The third kappa shape index (κ3) is 7.16. The molecule has 1 amide bonds. The Bertz CT molecular complexity index is 1840. The van der Waals surface area contributed by atoms with Crippen molar-refractivity contribution in [1.29, 1.82) is 0 Å². The monoisotopic (exact) mass is 764 g/mol. The zero-order valence-corrected chi connectivity index (χ0v) is 33.3. The van der Waals surface area contributed by atoms with Gasteiger partial charge in [0.1, 0.15) is 11.4 Å². The van der Waals surface area contributed by atoms with Crippen LogP contribution in [0.1, 0.15) is 86.7 Å². The third-order valence-electron chi connectivity index (χ3n) is 14.0. The number of fused-ring (bicyclic) bond motifs is 5. The Hall–Kier alpha value is -2.63. The molecule has 0 unspecified atom stereocenters. The summed E-state index contributed by atoms with van der Waals surface area (Å²) < 4.78 is 43.2. The van der Waals surface area contributed by atoms with E-state index in [-0.39, 0.29) is 17.3 Å². The number of aryl methyl sites for hydroxylation is 1. The molecule has 4 heterocycles. The van der Waals surface area contributed by atoms with Gasteiger partial charge in [0.05, 0.1) is 17.5 Å². The number of anilines is 1. The Morgan fingerprint density at radius 3 is 2.70 bits per heavy atom. The highest BCUT2D eigenvalue weighted by Gasteiger charge is 2.50. The van der Waals surface area contributed by atoms with Gasteiger partial charge in [-0.15, -0.1) is 0 Å². The van der Waals surface area contributed by atoms with Crippen molar-refractivity contribution in [2.24, 2.45) is 17.8 Å². The van der Waals surface area contributed by atoms with Gasteiger partial charge in [-0.1, -0.05) is 43.2 Å². The molecule has 2 saturated heterocycles. The van der Waals surface area contributed by atoms with Gasteiger partial charge in [0.25, 0.3) is 5.91 Å². The fourth-order valence-corrected chi connectivity index (χ4v) is 12.0. The third-order valence-corrected chi connectivity index (χ3v) is 16.2. The molecule has 8 rings (SSSR count). The molecule has 288 valence electrons. The van der Waals surface area contributed by atoms with E-state index in [9.17, 15) is 13.2 Å². The largest absolute Gasteiger partial charge is 0.490 e. The SMILES string of the molecule is CO[C@]1(CN2CCN3CCCC[C@@H]3C2)/C=C/C[C@H](C)[C@@H](C)S(=O)(=O)NC(=O)c2ccc3c(c2)N(C[C@@H]2CC[C@H]21)C[C@@]1(CCCc2cc(Cl)ccc21)CO3. The van der Waals surface area contributed by atoms with E-state index in [0.717, 1.165) is 87.8 Å². The summed E-state index contributed by atoms with van der Waals surface area (Å²) >= 11 is 6.51. The van der Waals surface area contributed by atoms with Crippen molar-refractivity contribution < 1.29 is 22.7 Å². The van der Waals surface area contributed by atoms with E-state index >= 15 is 0 Å². The molecule has 1 saturated carbocycles. The molecular formula is C42H57ClN4O5S. The normalized spacial score (nSPS) is 35.4. The summed E-state index contributed by atoms with van der Waals surface area (Å²) in [6.07, 6.45) is 14.1. The van der Waals surface area contributed by atoms with Crippen LogP contribution in [0, 0.1) is 17.8 Å². The molecule has 0 aromatic heterocycles. The summed E-state index contributed by atoms with van der Waals surface area (Å²) in [4.78, 5) is 21.4. The van der Waals surface area contributed by atoms with Crippen LogP contribution in [0.5, 0.6) is 5.75 Å². The molecule has 2 aromatic rings. The average molecular weight is 765 g/mol. The van der Waals surface area contributed by atoms with Crippen LogP contribution in [0.25, 0.3) is 0 Å². The molecule has 1 N–H and O–H groups in total. The maximum absolute atomic E-state index is 13.7. The second-order valence-corrected chi connectivity index (χ2v) is 19.6. The van der Waals surface area contributed by atoms with Gasteiger partial charge in [0, 0.05) is 68.4 Å². The molecule has 1 spiro atoms. The molecule has 11 heteroatoms. The first-order chi connectivity index (χ1) is 25.5. The van der Waals surface area contributed by atoms with Gasteiger partial charge in [0.2, 0.25) is 10.0 Å². The summed E-state index contributed by atoms with van der Waals surface area (Å²) in [7, 11) is -2.07. The molecule has 0 radical (unpaired) electrons. The van der Waals surface area contributed by atoms with Crippen molar-refractivity contribution in [2.45, 2.75) is 93.9 Å². The molecule has 3 fully saturated rings. The minimum atomic E-state index is -3.95. The van der Waals surface area contributed by atoms with E-state index in [4.69, 9.17) is 21.1 Å². The number of allylic oxidation sites excluding steroid dienone is 1. The maximum Gasteiger partial charge on any atom is 0.264 e.